The van der Waals surface area contributed by atoms with E-state index in [9.17, 15) is 0 Å². The van der Waals surface area contributed by atoms with E-state index < -0.39 is 0 Å². The molecule has 0 aromatic carbocycles. The number of hydrogen-bond donors (Lipinski definition) is 1. The number of nitrogens with zero attached hydrogens (tertiary/aromatic N) is 8. The predicted octanol–water partition coefficient (Wildman–Crippen LogP) is 0.567. The van der Waals surface area contributed by atoms with Crippen molar-refractivity contribution < 1.29 is 0 Å². The Balaban J connectivity index is 1.57. The van der Waals surface area contributed by atoms with Gasteiger partial charge < -0.3 is 5.32 Å². The molecule has 0 amide bonds. The molecule has 0 saturated heterocycles. The SMILES string of the molecule is Cn1cc(NC2=NN3C=CN=C(c4cnn(C)c4)C3=NC2)cn1. The summed E-state index contributed by atoms with van der Waals surface area (Å²) in [4.78, 5) is 9.02. The topological polar surface area (TPSA) is 88.0 Å². The van der Waals surface area contributed by atoms with Gasteiger partial charge in [0, 0.05) is 44.5 Å². The van der Waals surface area contributed by atoms with Crippen molar-refractivity contribution in [1.29, 1.82) is 0 Å². The molecule has 0 aliphatic carbocycles. The Morgan fingerprint density at radius 2 is 1.91 bits per heavy atom. The van der Waals surface area contributed by atoms with Crippen molar-refractivity contribution in [2.75, 3.05) is 11.9 Å². The molecule has 2 aromatic heterocycles. The van der Waals surface area contributed by atoms with Crippen LogP contribution < -0.4 is 5.32 Å². The molecule has 2 aliphatic heterocycles. The van der Waals surface area contributed by atoms with E-state index in [1.807, 2.05) is 26.5 Å². The van der Waals surface area contributed by atoms with E-state index in [1.54, 1.807) is 39.2 Å². The summed E-state index contributed by atoms with van der Waals surface area (Å²) in [5, 5.41) is 17.8. The largest absolute Gasteiger partial charge is 0.338 e. The summed E-state index contributed by atoms with van der Waals surface area (Å²) in [5.41, 5.74) is 2.57. The van der Waals surface area contributed by atoms with Crippen LogP contribution in [0.15, 0.2) is 52.3 Å². The number of amidine groups is 2. The molecule has 0 unspecified atom stereocenters. The van der Waals surface area contributed by atoms with E-state index in [-0.39, 0.29) is 0 Å². The number of hydrazone groups is 1. The Morgan fingerprint density at radius 1 is 1.09 bits per heavy atom. The zero-order valence-electron chi connectivity index (χ0n) is 12.7. The van der Waals surface area contributed by atoms with Crippen molar-refractivity contribution >= 4 is 23.1 Å². The fourth-order valence-electron chi connectivity index (χ4n) is 2.41. The zero-order chi connectivity index (χ0) is 15.8. The predicted molar refractivity (Wildman–Crippen MR) is 87.3 cm³/mol. The minimum absolute atomic E-state index is 0.452. The van der Waals surface area contributed by atoms with Crippen molar-refractivity contribution in [1.82, 2.24) is 24.6 Å². The van der Waals surface area contributed by atoms with Gasteiger partial charge in [0.15, 0.2) is 5.84 Å². The third-order valence-electron chi connectivity index (χ3n) is 3.42. The van der Waals surface area contributed by atoms with Crippen molar-refractivity contribution in [2.45, 2.75) is 0 Å². The lowest BCUT2D eigenvalue weighted by Crippen LogP contribution is -2.38. The molecule has 0 atom stereocenters. The maximum atomic E-state index is 4.61. The van der Waals surface area contributed by atoms with Crippen molar-refractivity contribution in [3.63, 3.8) is 0 Å². The smallest absolute Gasteiger partial charge is 0.176 e. The van der Waals surface area contributed by atoms with Gasteiger partial charge in [-0.15, -0.1) is 0 Å². The second-order valence-electron chi connectivity index (χ2n) is 5.24. The molecule has 9 heteroatoms. The minimum Gasteiger partial charge on any atom is -0.338 e. The first-order valence-electron chi connectivity index (χ1n) is 7.10. The van der Waals surface area contributed by atoms with Crippen LogP contribution >= 0.6 is 0 Å². The van der Waals surface area contributed by atoms with E-state index in [4.69, 9.17) is 0 Å². The molecule has 0 bridgehead atoms. The second kappa shape index (κ2) is 5.20. The molecule has 1 N–H and O–H groups in total. The summed E-state index contributed by atoms with van der Waals surface area (Å²) in [6, 6.07) is 0. The first kappa shape index (κ1) is 13.4. The first-order valence-corrected chi connectivity index (χ1v) is 7.10. The zero-order valence-corrected chi connectivity index (χ0v) is 12.7. The van der Waals surface area contributed by atoms with Crippen LogP contribution in [-0.2, 0) is 14.1 Å². The first-order chi connectivity index (χ1) is 11.2. The number of rotatable bonds is 2. The van der Waals surface area contributed by atoms with Gasteiger partial charge in [-0.25, -0.2) is 5.01 Å². The van der Waals surface area contributed by atoms with Gasteiger partial charge in [0.2, 0.25) is 0 Å². The highest BCUT2D eigenvalue weighted by atomic mass is 15.5. The van der Waals surface area contributed by atoms with Gasteiger partial charge in [-0.3, -0.25) is 19.3 Å². The second-order valence-corrected chi connectivity index (χ2v) is 5.24. The fourth-order valence-corrected chi connectivity index (χ4v) is 2.41. The average molecular weight is 309 g/mol. The van der Waals surface area contributed by atoms with Crippen molar-refractivity contribution in [3.8, 4) is 0 Å². The van der Waals surface area contributed by atoms with E-state index in [0.29, 0.717) is 6.54 Å². The van der Waals surface area contributed by atoms with Gasteiger partial charge >= 0.3 is 0 Å². The molecule has 2 aromatic rings. The van der Waals surface area contributed by atoms with E-state index in [2.05, 4.69) is 30.6 Å². The molecule has 0 saturated carbocycles. The Hall–Kier alpha value is -3.23. The minimum atomic E-state index is 0.452. The number of fused-ring (bicyclic) bond motifs is 1. The Morgan fingerprint density at radius 3 is 2.65 bits per heavy atom. The maximum Gasteiger partial charge on any atom is 0.176 e. The van der Waals surface area contributed by atoms with Crippen LogP contribution in [-0.4, -0.2) is 48.5 Å². The molecule has 4 rings (SSSR count). The highest BCUT2D eigenvalue weighted by molar-refractivity contribution is 6.48. The molecule has 23 heavy (non-hydrogen) atoms. The highest BCUT2D eigenvalue weighted by Gasteiger charge is 2.24. The number of anilines is 1. The van der Waals surface area contributed by atoms with Crippen LogP contribution in [0.5, 0.6) is 0 Å². The van der Waals surface area contributed by atoms with Gasteiger partial charge in [-0.05, 0) is 0 Å². The maximum absolute atomic E-state index is 4.61. The Bertz CT molecular complexity index is 864. The fraction of sp³-hybridized carbons (Fsp3) is 0.214. The van der Waals surface area contributed by atoms with Crippen LogP contribution in [0, 0.1) is 0 Å². The lowest BCUT2D eigenvalue weighted by atomic mass is 10.2. The lowest BCUT2D eigenvalue weighted by Gasteiger charge is -2.25. The van der Waals surface area contributed by atoms with Gasteiger partial charge in [0.05, 0.1) is 18.1 Å². The van der Waals surface area contributed by atoms with E-state index in [1.165, 1.54) is 0 Å². The van der Waals surface area contributed by atoms with Gasteiger partial charge in [0.25, 0.3) is 0 Å². The third-order valence-corrected chi connectivity index (χ3v) is 3.42. The summed E-state index contributed by atoms with van der Waals surface area (Å²) in [6.07, 6.45) is 10.8. The van der Waals surface area contributed by atoms with Crippen LogP contribution in [0.1, 0.15) is 5.56 Å². The Labute approximate surface area is 132 Å². The molecular weight excluding hydrogens is 294 g/mol. The number of aryl methyl sites for hydroxylation is 2. The lowest BCUT2D eigenvalue weighted by molar-refractivity contribution is 0.590. The summed E-state index contributed by atoms with van der Waals surface area (Å²) < 4.78 is 3.47. The van der Waals surface area contributed by atoms with E-state index >= 15 is 0 Å². The summed E-state index contributed by atoms with van der Waals surface area (Å²) in [7, 11) is 3.74. The van der Waals surface area contributed by atoms with Crippen molar-refractivity contribution in [2.24, 2.45) is 29.2 Å². The van der Waals surface area contributed by atoms with Crippen LogP contribution in [0.2, 0.25) is 0 Å². The number of hydrogen-bond acceptors (Lipinski definition) is 7. The molecule has 4 heterocycles. The summed E-state index contributed by atoms with van der Waals surface area (Å²) in [6.45, 7) is 0.452. The monoisotopic (exact) mass is 309 g/mol. The van der Waals surface area contributed by atoms with Gasteiger partial charge in [0.1, 0.15) is 18.1 Å². The molecule has 0 fully saturated rings. The molecule has 2 aliphatic rings. The third kappa shape index (κ3) is 2.52. The summed E-state index contributed by atoms with van der Waals surface area (Å²) >= 11 is 0. The number of aromatic nitrogens is 4. The van der Waals surface area contributed by atoms with Crippen molar-refractivity contribution in [3.05, 3.63) is 42.8 Å². The summed E-state index contributed by atoms with van der Waals surface area (Å²) in [5.74, 6) is 1.47. The molecule has 0 spiro atoms. The number of nitrogens with one attached hydrogen (secondary N) is 1. The van der Waals surface area contributed by atoms with Gasteiger partial charge in [-0.1, -0.05) is 0 Å². The standard InChI is InChI=1S/C14H15N9/c1-21-8-10(5-17-21)13-14-16-7-12(20-23(14)4-3-15-13)19-11-6-18-22(2)9-11/h3-6,8-9H,7H2,1-2H3,(H,19,20). The molecule has 9 nitrogen and oxygen atoms in total. The van der Waals surface area contributed by atoms with Crippen LogP contribution in [0.4, 0.5) is 5.69 Å². The molecule has 116 valence electrons. The molecule has 0 radical (unpaired) electrons. The molecular formula is C14H15N9. The van der Waals surface area contributed by atoms with Crippen LogP contribution in [0.3, 0.4) is 0 Å². The number of aliphatic imine (C=N–C) groups is 2. The van der Waals surface area contributed by atoms with Gasteiger partial charge in [-0.2, -0.15) is 15.3 Å². The Kier molecular flexibility index (Phi) is 3.04. The van der Waals surface area contributed by atoms with E-state index in [0.717, 1.165) is 28.6 Å². The highest BCUT2D eigenvalue weighted by Crippen LogP contribution is 2.15. The van der Waals surface area contributed by atoms with Crippen LogP contribution in [0.25, 0.3) is 0 Å². The quantitative estimate of drug-likeness (QED) is 0.878. The average Bonchev–Trinajstić information content (AvgIpc) is 3.15. The normalized spacial score (nSPS) is 16.6.